The zero-order chi connectivity index (χ0) is 23.0. The molecule has 0 spiro atoms. The molecule has 0 heterocycles. The Morgan fingerprint density at radius 2 is 1.77 bits per heavy atom. The second kappa shape index (κ2) is 10.8. The van der Waals surface area contributed by atoms with E-state index in [9.17, 15) is 28.2 Å². The number of rotatable bonds is 9. The zero-order valence-electron chi connectivity index (χ0n) is 16.5. The van der Waals surface area contributed by atoms with Gasteiger partial charge in [-0.1, -0.05) is 24.3 Å². The first kappa shape index (κ1) is 24.2. The van der Waals surface area contributed by atoms with E-state index in [4.69, 9.17) is 9.84 Å². The molecule has 0 fully saturated rings. The van der Waals surface area contributed by atoms with Crippen LogP contribution in [-0.4, -0.2) is 60.1 Å². The van der Waals surface area contributed by atoms with E-state index < -0.39 is 31.1 Å². The number of amides is 1. The number of carbonyl (C=O) groups excluding carboxylic acids is 1. The fourth-order valence-electron chi connectivity index (χ4n) is 2.53. The Balaban J connectivity index is 2.12. The Bertz CT molecular complexity index is 899. The highest BCUT2D eigenvalue weighted by Gasteiger charge is 2.30. The highest BCUT2D eigenvalue weighted by Crippen LogP contribution is 2.25. The molecule has 7 nitrogen and oxygen atoms in total. The molecule has 1 amide bonds. The Kier molecular flexibility index (Phi) is 8.43. The third-order valence-electron chi connectivity index (χ3n) is 4.16. The summed E-state index contributed by atoms with van der Waals surface area (Å²) in [6.45, 7) is -0.901. The number of benzene rings is 2. The maximum atomic E-state index is 12.3. The summed E-state index contributed by atoms with van der Waals surface area (Å²) in [5.74, 6) is -0.398. The van der Waals surface area contributed by atoms with Crippen molar-refractivity contribution in [2.24, 2.45) is 0 Å². The molecule has 10 heteroatoms. The molecule has 0 saturated heterocycles. The predicted molar refractivity (Wildman–Crippen MR) is 106 cm³/mol. The maximum Gasteiger partial charge on any atom is 0.573 e. The van der Waals surface area contributed by atoms with Crippen molar-refractivity contribution in [3.63, 3.8) is 0 Å². The second-order valence-electron chi connectivity index (χ2n) is 6.43. The van der Waals surface area contributed by atoms with Gasteiger partial charge >= 0.3 is 6.36 Å². The van der Waals surface area contributed by atoms with Gasteiger partial charge in [0.25, 0.3) is 5.91 Å². The summed E-state index contributed by atoms with van der Waals surface area (Å²) in [6, 6.07) is 9.84. The molecule has 2 aromatic carbocycles. The van der Waals surface area contributed by atoms with Crippen LogP contribution in [-0.2, 0) is 0 Å². The van der Waals surface area contributed by atoms with Gasteiger partial charge < -0.3 is 30.1 Å². The van der Waals surface area contributed by atoms with E-state index >= 15 is 0 Å². The van der Waals surface area contributed by atoms with Gasteiger partial charge in [0.1, 0.15) is 17.6 Å². The third-order valence-corrected chi connectivity index (χ3v) is 4.16. The molecule has 0 saturated carbocycles. The van der Waals surface area contributed by atoms with Crippen LogP contribution in [0.1, 0.15) is 21.5 Å². The summed E-state index contributed by atoms with van der Waals surface area (Å²) >= 11 is 0. The molecular weight excluding hydrogens is 419 g/mol. The molecule has 0 aliphatic rings. The summed E-state index contributed by atoms with van der Waals surface area (Å²) in [5, 5.41) is 30.2. The van der Waals surface area contributed by atoms with Gasteiger partial charge in [-0.2, -0.15) is 0 Å². The van der Waals surface area contributed by atoms with Crippen molar-refractivity contribution >= 4 is 18.1 Å². The Morgan fingerprint density at radius 1 is 1.10 bits per heavy atom. The van der Waals surface area contributed by atoms with Crippen LogP contribution in [0.3, 0.4) is 0 Å². The smallest absolute Gasteiger partial charge is 0.496 e. The topological polar surface area (TPSA) is 108 Å². The molecule has 0 aromatic heterocycles. The molecule has 2 aromatic rings. The van der Waals surface area contributed by atoms with Crippen LogP contribution in [0.25, 0.3) is 12.2 Å². The van der Waals surface area contributed by atoms with Gasteiger partial charge in [0.05, 0.1) is 19.8 Å². The van der Waals surface area contributed by atoms with Crippen LogP contribution < -0.4 is 14.8 Å². The Labute approximate surface area is 176 Å². The van der Waals surface area contributed by atoms with Crippen molar-refractivity contribution in [1.29, 1.82) is 0 Å². The second-order valence-corrected chi connectivity index (χ2v) is 6.43. The van der Waals surface area contributed by atoms with E-state index in [1.807, 2.05) is 0 Å². The van der Waals surface area contributed by atoms with Crippen molar-refractivity contribution in [3.8, 4) is 11.5 Å². The van der Waals surface area contributed by atoms with E-state index in [-0.39, 0.29) is 17.9 Å². The first-order valence-corrected chi connectivity index (χ1v) is 9.10. The van der Waals surface area contributed by atoms with Crippen molar-refractivity contribution in [2.45, 2.75) is 18.6 Å². The first-order chi connectivity index (χ1) is 14.6. The normalized spacial score (nSPS) is 13.6. The first-order valence-electron chi connectivity index (χ1n) is 9.10. The number of aliphatic hydroxyl groups is 3. The molecule has 4 N–H and O–H groups in total. The molecular formula is C21H22F3NO6. The molecule has 2 rings (SSSR count). The van der Waals surface area contributed by atoms with Crippen LogP contribution >= 0.6 is 0 Å². The highest BCUT2D eigenvalue weighted by atomic mass is 19.4. The maximum absolute atomic E-state index is 12.3. The largest absolute Gasteiger partial charge is 0.573 e. The number of aliphatic hydroxyl groups excluding tert-OH is 3. The number of carbonyl (C=O) groups is 1. The average Bonchev–Trinajstić information content (AvgIpc) is 2.74. The van der Waals surface area contributed by atoms with Gasteiger partial charge in [0, 0.05) is 17.7 Å². The van der Waals surface area contributed by atoms with Gasteiger partial charge in [-0.15, -0.1) is 13.2 Å². The summed E-state index contributed by atoms with van der Waals surface area (Å²) in [7, 11) is 1.45. The number of methoxy groups -OCH3 is 1. The van der Waals surface area contributed by atoms with E-state index in [1.165, 1.54) is 43.5 Å². The van der Waals surface area contributed by atoms with E-state index in [0.717, 1.165) is 0 Å². The number of ether oxygens (including phenoxy) is 2. The number of hydrogen-bond donors (Lipinski definition) is 4. The van der Waals surface area contributed by atoms with Crippen LogP contribution in [0.15, 0.2) is 42.5 Å². The van der Waals surface area contributed by atoms with Crippen LogP contribution in [0.5, 0.6) is 11.5 Å². The molecule has 31 heavy (non-hydrogen) atoms. The summed E-state index contributed by atoms with van der Waals surface area (Å²) in [4.78, 5) is 12.3. The van der Waals surface area contributed by atoms with E-state index in [0.29, 0.717) is 16.9 Å². The highest BCUT2D eigenvalue weighted by molar-refractivity contribution is 5.95. The minimum absolute atomic E-state index is 0.250. The lowest BCUT2D eigenvalue weighted by molar-refractivity contribution is -0.274. The van der Waals surface area contributed by atoms with Crippen molar-refractivity contribution in [1.82, 2.24) is 5.32 Å². The van der Waals surface area contributed by atoms with Crippen LogP contribution in [0, 0.1) is 0 Å². The van der Waals surface area contributed by atoms with Gasteiger partial charge in [-0.3, -0.25) is 4.79 Å². The number of alkyl halides is 3. The molecule has 168 valence electrons. The SMILES string of the molecule is COc1ccc(C(=O)NC[C@H](O)[C@@H](O)CO)cc1/C=C/c1ccc(OC(F)(F)F)cc1. The van der Waals surface area contributed by atoms with Crippen LogP contribution in [0.2, 0.25) is 0 Å². The summed E-state index contributed by atoms with van der Waals surface area (Å²) in [5.41, 5.74) is 1.37. The van der Waals surface area contributed by atoms with Gasteiger partial charge in [-0.05, 0) is 35.9 Å². The molecule has 0 bridgehead atoms. The molecule has 0 unspecified atom stereocenters. The quantitative estimate of drug-likeness (QED) is 0.445. The van der Waals surface area contributed by atoms with Crippen molar-refractivity contribution in [2.75, 3.05) is 20.3 Å². The van der Waals surface area contributed by atoms with Gasteiger partial charge in [0.2, 0.25) is 0 Å². The van der Waals surface area contributed by atoms with Gasteiger partial charge in [0.15, 0.2) is 0 Å². The Hall–Kier alpha value is -3.08. The number of hydrogen-bond acceptors (Lipinski definition) is 6. The molecule has 2 atom stereocenters. The fourth-order valence-corrected chi connectivity index (χ4v) is 2.53. The average molecular weight is 441 g/mol. The lowest BCUT2D eigenvalue weighted by atomic mass is 10.1. The van der Waals surface area contributed by atoms with Crippen molar-refractivity contribution < 1.29 is 42.8 Å². The van der Waals surface area contributed by atoms with Crippen LogP contribution in [0.4, 0.5) is 13.2 Å². The van der Waals surface area contributed by atoms with E-state index in [1.54, 1.807) is 18.2 Å². The molecule has 0 radical (unpaired) electrons. The predicted octanol–water partition coefficient (Wildman–Crippen LogP) is 2.21. The lowest BCUT2D eigenvalue weighted by Crippen LogP contribution is -2.40. The number of halogens is 3. The fraction of sp³-hybridized carbons (Fsp3) is 0.286. The minimum atomic E-state index is -4.77. The Morgan fingerprint density at radius 3 is 2.35 bits per heavy atom. The lowest BCUT2D eigenvalue weighted by Gasteiger charge is -2.16. The van der Waals surface area contributed by atoms with E-state index in [2.05, 4.69) is 10.1 Å². The summed E-state index contributed by atoms with van der Waals surface area (Å²) < 4.78 is 45.8. The molecule has 0 aliphatic heterocycles. The third kappa shape index (κ3) is 7.59. The monoisotopic (exact) mass is 441 g/mol. The van der Waals surface area contributed by atoms with Gasteiger partial charge in [-0.25, -0.2) is 0 Å². The zero-order valence-corrected chi connectivity index (χ0v) is 16.5. The molecule has 0 aliphatic carbocycles. The number of nitrogens with one attached hydrogen (secondary N) is 1. The van der Waals surface area contributed by atoms with Crippen molar-refractivity contribution in [3.05, 3.63) is 59.2 Å². The minimum Gasteiger partial charge on any atom is -0.496 e. The summed E-state index contributed by atoms with van der Waals surface area (Å²) in [6.07, 6.45) is -4.21. The standard InChI is InChI=1S/C21H22F3NO6/c1-30-19-9-6-15(20(29)25-11-17(27)18(28)12-26)10-14(19)5-2-13-3-7-16(8-4-13)31-21(22,23)24/h2-10,17-18,26-28H,11-12H2,1H3,(H,25,29)/b5-2+/t17-,18-/m0/s1.